The highest BCUT2D eigenvalue weighted by molar-refractivity contribution is 7.92. The van der Waals surface area contributed by atoms with Crippen LogP contribution in [-0.4, -0.2) is 18.1 Å². The third-order valence-corrected chi connectivity index (χ3v) is 6.65. The summed E-state index contributed by atoms with van der Waals surface area (Å²) in [5.41, 5.74) is 4.59. The van der Waals surface area contributed by atoms with Crippen LogP contribution in [0.15, 0.2) is 71.6 Å². The van der Waals surface area contributed by atoms with E-state index in [1.165, 1.54) is 0 Å². The van der Waals surface area contributed by atoms with E-state index in [-0.39, 0.29) is 10.6 Å². The first kappa shape index (κ1) is 19.1. The van der Waals surface area contributed by atoms with Gasteiger partial charge < -0.3 is 9.67 Å². The van der Waals surface area contributed by atoms with Gasteiger partial charge >= 0.3 is 0 Å². The molecule has 148 valence electrons. The van der Waals surface area contributed by atoms with Crippen LogP contribution >= 0.6 is 0 Å². The molecule has 0 aliphatic heterocycles. The number of nitrogens with one attached hydrogen (secondary N) is 1. The van der Waals surface area contributed by atoms with Crippen molar-refractivity contribution >= 4 is 26.6 Å². The molecule has 0 radical (unpaired) electrons. The fraction of sp³-hybridized carbons (Fsp3) is 0.130. The normalized spacial score (nSPS) is 11.7. The van der Waals surface area contributed by atoms with E-state index in [4.69, 9.17) is 0 Å². The predicted octanol–water partition coefficient (Wildman–Crippen LogP) is 5.06. The van der Waals surface area contributed by atoms with E-state index in [2.05, 4.69) is 4.72 Å². The smallest absolute Gasteiger partial charge is 0.261 e. The van der Waals surface area contributed by atoms with Gasteiger partial charge in [-0.1, -0.05) is 36.4 Å². The summed E-state index contributed by atoms with van der Waals surface area (Å²) in [5.74, 6) is 0.122. The SMILES string of the molecule is Cc1cc(NS(=O)(=O)c2ccccc2)cc(-n2c(C)c(C)c3ccccc32)c1O. The third kappa shape index (κ3) is 3.25. The minimum Gasteiger partial charge on any atom is -0.505 e. The van der Waals surface area contributed by atoms with Gasteiger partial charge in [-0.15, -0.1) is 0 Å². The van der Waals surface area contributed by atoms with Crippen molar-refractivity contribution in [3.8, 4) is 11.4 Å². The maximum Gasteiger partial charge on any atom is 0.261 e. The number of phenolic OH excluding ortho intramolecular Hbond substituents is 1. The van der Waals surface area contributed by atoms with Crippen molar-refractivity contribution in [2.45, 2.75) is 25.7 Å². The molecule has 0 spiro atoms. The number of rotatable bonds is 4. The number of benzene rings is 3. The van der Waals surface area contributed by atoms with Crippen LogP contribution in [0.2, 0.25) is 0 Å². The summed E-state index contributed by atoms with van der Waals surface area (Å²) in [4.78, 5) is 0.186. The van der Waals surface area contributed by atoms with Crippen LogP contribution in [0.5, 0.6) is 5.75 Å². The Kier molecular flexibility index (Phi) is 4.59. The lowest BCUT2D eigenvalue weighted by atomic mass is 10.1. The molecule has 0 bridgehead atoms. The molecule has 0 unspecified atom stereocenters. The molecule has 0 fully saturated rings. The van der Waals surface area contributed by atoms with E-state index in [1.54, 1.807) is 49.4 Å². The van der Waals surface area contributed by atoms with E-state index in [1.807, 2.05) is 42.7 Å². The van der Waals surface area contributed by atoms with Crippen molar-refractivity contribution in [1.82, 2.24) is 4.57 Å². The first-order chi connectivity index (χ1) is 13.8. The molecule has 6 heteroatoms. The van der Waals surface area contributed by atoms with Crippen molar-refractivity contribution in [3.63, 3.8) is 0 Å². The van der Waals surface area contributed by atoms with Crippen LogP contribution in [0.4, 0.5) is 5.69 Å². The molecular formula is C23H22N2O3S. The van der Waals surface area contributed by atoms with Gasteiger partial charge in [0.1, 0.15) is 5.75 Å². The van der Waals surface area contributed by atoms with Gasteiger partial charge in [0, 0.05) is 11.1 Å². The lowest BCUT2D eigenvalue weighted by molar-refractivity contribution is 0.468. The average molecular weight is 407 g/mol. The standard InChI is InChI=1S/C23H22N2O3S/c1-15-13-18(24-29(27,28)19-9-5-4-6-10-19)14-22(23(15)26)25-17(3)16(2)20-11-7-8-12-21(20)25/h4-14,24,26H,1-3H3. The van der Waals surface area contributed by atoms with E-state index in [0.29, 0.717) is 16.9 Å². The number of phenols is 1. The monoisotopic (exact) mass is 406 g/mol. The molecule has 5 nitrogen and oxygen atoms in total. The number of aromatic nitrogens is 1. The lowest BCUT2D eigenvalue weighted by Crippen LogP contribution is -2.13. The summed E-state index contributed by atoms with van der Waals surface area (Å²) in [6, 6.07) is 19.5. The second kappa shape index (κ2) is 6.97. The second-order valence-electron chi connectivity index (χ2n) is 7.14. The Morgan fingerprint density at radius 1 is 0.897 bits per heavy atom. The summed E-state index contributed by atoms with van der Waals surface area (Å²) in [5, 5.41) is 11.9. The van der Waals surface area contributed by atoms with Gasteiger partial charge in [-0.25, -0.2) is 8.42 Å². The molecule has 1 aromatic heterocycles. The zero-order chi connectivity index (χ0) is 20.8. The van der Waals surface area contributed by atoms with Crippen molar-refractivity contribution in [3.05, 3.63) is 83.6 Å². The summed E-state index contributed by atoms with van der Waals surface area (Å²) < 4.78 is 30.1. The number of para-hydroxylation sites is 1. The Morgan fingerprint density at radius 2 is 1.55 bits per heavy atom. The largest absolute Gasteiger partial charge is 0.505 e. The van der Waals surface area contributed by atoms with Crippen LogP contribution in [0.1, 0.15) is 16.8 Å². The third-order valence-electron chi connectivity index (χ3n) is 5.25. The summed E-state index contributed by atoms with van der Waals surface area (Å²) in [6.07, 6.45) is 0. The highest BCUT2D eigenvalue weighted by atomic mass is 32.2. The number of anilines is 1. The Morgan fingerprint density at radius 3 is 2.28 bits per heavy atom. The molecule has 0 aliphatic carbocycles. The van der Waals surface area contributed by atoms with E-state index in [0.717, 1.165) is 22.2 Å². The number of nitrogens with zero attached hydrogens (tertiary/aromatic N) is 1. The molecule has 29 heavy (non-hydrogen) atoms. The zero-order valence-corrected chi connectivity index (χ0v) is 17.3. The van der Waals surface area contributed by atoms with Crippen LogP contribution in [0.25, 0.3) is 16.6 Å². The van der Waals surface area contributed by atoms with Crippen LogP contribution in [0, 0.1) is 20.8 Å². The molecule has 0 saturated heterocycles. The zero-order valence-electron chi connectivity index (χ0n) is 16.5. The number of hydrogen-bond donors (Lipinski definition) is 2. The maximum atomic E-state index is 12.7. The van der Waals surface area contributed by atoms with Crippen molar-refractivity contribution in [2.24, 2.45) is 0 Å². The van der Waals surface area contributed by atoms with Gasteiger partial charge in [0.05, 0.1) is 21.8 Å². The summed E-state index contributed by atoms with van der Waals surface area (Å²) in [7, 11) is -3.73. The molecule has 2 N–H and O–H groups in total. The van der Waals surface area contributed by atoms with Crippen LogP contribution < -0.4 is 4.72 Å². The summed E-state index contributed by atoms with van der Waals surface area (Å²) >= 11 is 0. The van der Waals surface area contributed by atoms with Crippen molar-refractivity contribution in [1.29, 1.82) is 0 Å². The van der Waals surface area contributed by atoms with Gasteiger partial charge in [-0.3, -0.25) is 4.72 Å². The van der Waals surface area contributed by atoms with Gasteiger partial charge in [0.15, 0.2) is 0 Å². The van der Waals surface area contributed by atoms with Crippen LogP contribution in [0.3, 0.4) is 0 Å². The quantitative estimate of drug-likeness (QED) is 0.465. The van der Waals surface area contributed by atoms with Gasteiger partial charge in [0.2, 0.25) is 0 Å². The molecule has 0 amide bonds. The number of aryl methyl sites for hydroxylation is 2. The minimum atomic E-state index is -3.73. The maximum absolute atomic E-state index is 12.7. The van der Waals surface area contributed by atoms with Crippen molar-refractivity contribution < 1.29 is 13.5 Å². The first-order valence-electron chi connectivity index (χ1n) is 9.28. The number of aromatic hydroxyl groups is 1. The van der Waals surface area contributed by atoms with Crippen molar-refractivity contribution in [2.75, 3.05) is 4.72 Å². The Bertz CT molecular complexity index is 1320. The Labute approximate surface area is 170 Å². The molecule has 1 heterocycles. The number of sulfonamides is 1. The minimum absolute atomic E-state index is 0.122. The highest BCUT2D eigenvalue weighted by Crippen LogP contribution is 2.36. The molecule has 4 rings (SSSR count). The first-order valence-corrected chi connectivity index (χ1v) is 10.8. The second-order valence-corrected chi connectivity index (χ2v) is 8.82. The molecule has 0 atom stereocenters. The fourth-order valence-corrected chi connectivity index (χ4v) is 4.70. The molecule has 3 aromatic carbocycles. The Hall–Kier alpha value is -3.25. The predicted molar refractivity (Wildman–Crippen MR) is 116 cm³/mol. The average Bonchev–Trinajstić information content (AvgIpc) is 2.96. The van der Waals surface area contributed by atoms with Gasteiger partial charge in [0.25, 0.3) is 10.0 Å². The fourth-order valence-electron chi connectivity index (χ4n) is 3.64. The highest BCUT2D eigenvalue weighted by Gasteiger charge is 2.19. The van der Waals surface area contributed by atoms with Gasteiger partial charge in [-0.2, -0.15) is 0 Å². The molecule has 0 saturated carbocycles. The Balaban J connectivity index is 1.88. The molecular weight excluding hydrogens is 384 g/mol. The van der Waals surface area contributed by atoms with E-state index < -0.39 is 10.0 Å². The molecule has 0 aliphatic rings. The number of fused-ring (bicyclic) bond motifs is 1. The van der Waals surface area contributed by atoms with Gasteiger partial charge in [-0.05, 0) is 62.2 Å². The lowest BCUT2D eigenvalue weighted by Gasteiger charge is -2.16. The molecule has 4 aromatic rings. The van der Waals surface area contributed by atoms with Crippen LogP contribution in [-0.2, 0) is 10.0 Å². The number of hydrogen-bond acceptors (Lipinski definition) is 3. The summed E-state index contributed by atoms with van der Waals surface area (Å²) in [6.45, 7) is 5.79. The van der Waals surface area contributed by atoms with E-state index >= 15 is 0 Å². The van der Waals surface area contributed by atoms with E-state index in [9.17, 15) is 13.5 Å². The topological polar surface area (TPSA) is 71.3 Å².